The Labute approximate surface area is 169 Å². The van der Waals surface area contributed by atoms with E-state index in [4.69, 9.17) is 0 Å². The first-order chi connectivity index (χ1) is 13.2. The third-order valence-corrected chi connectivity index (χ3v) is 8.62. The fourth-order valence-corrected chi connectivity index (χ4v) is 6.70. The van der Waals surface area contributed by atoms with Gasteiger partial charge in [0.1, 0.15) is 11.7 Å². The van der Waals surface area contributed by atoms with Crippen molar-refractivity contribution in [3.05, 3.63) is 59.4 Å². The van der Waals surface area contributed by atoms with E-state index in [1.165, 1.54) is 52.7 Å². The number of aromatic nitrogens is 2. The molecule has 2 heteroatoms. The first kappa shape index (κ1) is 18.0. The van der Waals surface area contributed by atoms with Gasteiger partial charge in [-0.25, -0.2) is 4.57 Å². The Balaban J connectivity index is 1.74. The number of nitrogens with zero attached hydrogens (tertiary/aromatic N) is 2. The second-order valence-corrected chi connectivity index (χ2v) is 10.3. The van der Waals surface area contributed by atoms with Crippen LogP contribution in [0.1, 0.15) is 62.8 Å². The van der Waals surface area contributed by atoms with Crippen LogP contribution in [0.3, 0.4) is 0 Å². The molecule has 1 heterocycles. The topological polar surface area (TPSA) is 8.81 Å². The van der Waals surface area contributed by atoms with E-state index >= 15 is 0 Å². The third-order valence-electron chi connectivity index (χ3n) is 8.62. The van der Waals surface area contributed by atoms with E-state index in [9.17, 15) is 0 Å². The van der Waals surface area contributed by atoms with E-state index in [0.717, 1.165) is 5.92 Å². The van der Waals surface area contributed by atoms with Gasteiger partial charge in [0.05, 0.1) is 0 Å². The Morgan fingerprint density at radius 1 is 1.00 bits per heavy atom. The van der Waals surface area contributed by atoms with Crippen LogP contribution in [0, 0.1) is 37.5 Å². The summed E-state index contributed by atoms with van der Waals surface area (Å²) in [5, 5.41) is 0. The van der Waals surface area contributed by atoms with Crippen LogP contribution in [0.2, 0.25) is 0 Å². The Morgan fingerprint density at radius 2 is 1.68 bits per heavy atom. The minimum Gasteiger partial charge on any atom is -0.226 e. The van der Waals surface area contributed by atoms with Gasteiger partial charge in [-0.05, 0) is 74.6 Å². The molecule has 146 valence electrons. The van der Waals surface area contributed by atoms with Gasteiger partial charge in [0.2, 0.25) is 6.33 Å². The van der Waals surface area contributed by atoms with Gasteiger partial charge < -0.3 is 0 Å². The maximum atomic E-state index is 2.62. The standard InChI is InChI=1S/C26H33N2/c1-17-13-18(2)24(19(3)14-17)28-16-27(21-9-7-8-10-22(21)28)23-15-20-11-12-26(23,6)25(20,4)5/h7-10,13-14,16,20,23H,11-12,15H2,1-6H3/q+1/t20?,23-,26-/m0/s1. The lowest BCUT2D eigenvalue weighted by atomic mass is 9.69. The summed E-state index contributed by atoms with van der Waals surface area (Å²) in [5.74, 6) is 0.847. The second kappa shape index (κ2) is 5.72. The van der Waals surface area contributed by atoms with Gasteiger partial charge in [-0.2, -0.15) is 4.57 Å². The first-order valence-corrected chi connectivity index (χ1v) is 10.8. The summed E-state index contributed by atoms with van der Waals surface area (Å²) in [6.07, 6.45) is 6.47. The lowest BCUT2D eigenvalue weighted by Gasteiger charge is -2.37. The summed E-state index contributed by atoms with van der Waals surface area (Å²) in [6.45, 7) is 14.3. The van der Waals surface area contributed by atoms with Gasteiger partial charge in [-0.15, -0.1) is 0 Å². The van der Waals surface area contributed by atoms with Crippen LogP contribution >= 0.6 is 0 Å². The molecule has 3 atom stereocenters. The molecule has 28 heavy (non-hydrogen) atoms. The molecule has 1 aromatic heterocycles. The second-order valence-electron chi connectivity index (χ2n) is 10.3. The van der Waals surface area contributed by atoms with Gasteiger partial charge in [-0.1, -0.05) is 50.6 Å². The van der Waals surface area contributed by atoms with Crippen LogP contribution in [-0.2, 0) is 0 Å². The number of imidazole rings is 1. The zero-order chi connectivity index (χ0) is 19.8. The van der Waals surface area contributed by atoms with Crippen LogP contribution in [0.15, 0.2) is 42.7 Å². The molecule has 2 aromatic carbocycles. The summed E-state index contributed by atoms with van der Waals surface area (Å²) in [5.41, 5.74) is 8.87. The van der Waals surface area contributed by atoms with Crippen LogP contribution in [0.5, 0.6) is 0 Å². The van der Waals surface area contributed by atoms with Crippen molar-refractivity contribution in [2.45, 2.75) is 66.8 Å². The van der Waals surface area contributed by atoms with Crippen LogP contribution in [-0.4, -0.2) is 4.57 Å². The van der Waals surface area contributed by atoms with Gasteiger partial charge in [0.15, 0.2) is 11.0 Å². The SMILES string of the molecule is Cc1cc(C)c(-n2c[n+]([C@H]3CC4CC[C@]3(C)C4(C)C)c3ccccc32)c(C)c1. The van der Waals surface area contributed by atoms with Crippen molar-refractivity contribution in [1.82, 2.24) is 4.57 Å². The first-order valence-electron chi connectivity index (χ1n) is 10.8. The molecule has 2 aliphatic rings. The molecule has 2 nitrogen and oxygen atoms in total. The van der Waals surface area contributed by atoms with Gasteiger partial charge in [0.25, 0.3) is 0 Å². The monoisotopic (exact) mass is 373 g/mol. The lowest BCUT2D eigenvalue weighted by molar-refractivity contribution is -0.713. The van der Waals surface area contributed by atoms with Crippen molar-refractivity contribution < 1.29 is 4.57 Å². The zero-order valence-corrected chi connectivity index (χ0v) is 18.2. The highest BCUT2D eigenvalue weighted by molar-refractivity contribution is 5.75. The van der Waals surface area contributed by atoms with Crippen molar-refractivity contribution in [3.8, 4) is 5.69 Å². The number of hydrogen-bond acceptors (Lipinski definition) is 0. The van der Waals surface area contributed by atoms with E-state index in [1.807, 2.05) is 0 Å². The normalized spacial score (nSPS) is 28.4. The summed E-state index contributed by atoms with van der Waals surface area (Å²) >= 11 is 0. The van der Waals surface area contributed by atoms with Crippen molar-refractivity contribution in [2.75, 3.05) is 0 Å². The van der Waals surface area contributed by atoms with Crippen molar-refractivity contribution in [1.29, 1.82) is 0 Å². The Kier molecular flexibility index (Phi) is 3.67. The smallest absolute Gasteiger partial charge is 0.226 e. The van der Waals surface area contributed by atoms with Crippen molar-refractivity contribution in [3.63, 3.8) is 0 Å². The molecule has 2 aliphatic carbocycles. The fourth-order valence-electron chi connectivity index (χ4n) is 6.70. The molecule has 2 fully saturated rings. The van der Waals surface area contributed by atoms with E-state index < -0.39 is 0 Å². The van der Waals surface area contributed by atoms with Crippen molar-refractivity contribution in [2.24, 2.45) is 16.7 Å². The molecule has 0 N–H and O–H groups in total. The van der Waals surface area contributed by atoms with E-state index in [-0.39, 0.29) is 0 Å². The molecule has 0 aliphatic heterocycles. The zero-order valence-electron chi connectivity index (χ0n) is 18.2. The van der Waals surface area contributed by atoms with Crippen LogP contribution < -0.4 is 4.57 Å². The molecule has 0 spiro atoms. The maximum Gasteiger partial charge on any atom is 0.250 e. The van der Waals surface area contributed by atoms with Crippen LogP contribution in [0.4, 0.5) is 0 Å². The number of benzene rings is 2. The van der Waals surface area contributed by atoms with E-state index in [2.05, 4.69) is 93.4 Å². The van der Waals surface area contributed by atoms with Gasteiger partial charge in [0, 0.05) is 5.41 Å². The maximum absolute atomic E-state index is 2.62. The average Bonchev–Trinajstić information content (AvgIpc) is 3.17. The molecule has 2 bridgehead atoms. The molecule has 2 saturated carbocycles. The van der Waals surface area contributed by atoms with Gasteiger partial charge >= 0.3 is 0 Å². The summed E-state index contributed by atoms with van der Waals surface area (Å²) in [4.78, 5) is 0. The molecule has 5 rings (SSSR count). The molecular weight excluding hydrogens is 340 g/mol. The number of para-hydroxylation sites is 2. The minimum atomic E-state index is 0.370. The summed E-state index contributed by atoms with van der Waals surface area (Å²) in [6, 6.07) is 14.2. The largest absolute Gasteiger partial charge is 0.250 e. The number of rotatable bonds is 2. The molecule has 1 unspecified atom stereocenters. The average molecular weight is 374 g/mol. The lowest BCUT2D eigenvalue weighted by Crippen LogP contribution is -2.48. The van der Waals surface area contributed by atoms with Gasteiger partial charge in [-0.3, -0.25) is 0 Å². The highest BCUT2D eigenvalue weighted by atomic mass is 15.2. The summed E-state index contributed by atoms with van der Waals surface area (Å²) < 4.78 is 5.07. The highest BCUT2D eigenvalue weighted by Crippen LogP contribution is 2.68. The Morgan fingerprint density at radius 3 is 2.29 bits per heavy atom. The summed E-state index contributed by atoms with van der Waals surface area (Å²) in [7, 11) is 0. The Hall–Kier alpha value is -2.09. The molecular formula is C26H33N2+. The minimum absolute atomic E-state index is 0.370. The third kappa shape index (κ3) is 2.18. The molecule has 0 radical (unpaired) electrons. The number of hydrogen-bond donors (Lipinski definition) is 0. The molecule has 0 amide bonds. The number of aryl methyl sites for hydroxylation is 3. The fraction of sp³-hybridized carbons (Fsp3) is 0.500. The predicted octanol–water partition coefficient (Wildman–Crippen LogP) is 6.23. The molecule has 0 saturated heterocycles. The predicted molar refractivity (Wildman–Crippen MR) is 116 cm³/mol. The quantitative estimate of drug-likeness (QED) is 0.471. The van der Waals surface area contributed by atoms with Crippen LogP contribution in [0.25, 0.3) is 16.7 Å². The Bertz CT molecular complexity index is 1060. The number of fused-ring (bicyclic) bond motifs is 3. The van der Waals surface area contributed by atoms with E-state index in [1.54, 1.807) is 0 Å². The van der Waals surface area contributed by atoms with E-state index in [0.29, 0.717) is 16.9 Å². The van der Waals surface area contributed by atoms with Crippen molar-refractivity contribution >= 4 is 11.0 Å². The highest BCUT2D eigenvalue weighted by Gasteiger charge is 2.64. The molecule has 3 aromatic rings.